The average molecular weight is 938 g/mol. The summed E-state index contributed by atoms with van der Waals surface area (Å²) in [5.41, 5.74) is 5.23. The minimum atomic E-state index is -1.58. The number of nitrogens with one attached hydrogen (secondary N) is 9. The number of carbonyl (C=O) groups is 10. The van der Waals surface area contributed by atoms with Gasteiger partial charge in [0.15, 0.2) is 0 Å². The van der Waals surface area contributed by atoms with Gasteiger partial charge in [0, 0.05) is 26.6 Å². The summed E-state index contributed by atoms with van der Waals surface area (Å²) in [5, 5.41) is 34.4. The van der Waals surface area contributed by atoms with Crippen LogP contribution in [0.1, 0.15) is 128 Å². The summed E-state index contributed by atoms with van der Waals surface area (Å²) >= 11 is 0. The molecule has 1 aliphatic heterocycles. The number of nitrogens with zero attached hydrogens (tertiary/aromatic N) is 1. The van der Waals surface area contributed by atoms with Gasteiger partial charge >= 0.3 is 6.03 Å². The van der Waals surface area contributed by atoms with Crippen LogP contribution in [0.2, 0.25) is 0 Å². The van der Waals surface area contributed by atoms with E-state index in [1.165, 1.54) is 25.7 Å². The summed E-state index contributed by atoms with van der Waals surface area (Å²) < 4.78 is 0. The molecule has 0 bridgehead atoms. The highest BCUT2D eigenvalue weighted by Crippen LogP contribution is 2.21. The van der Waals surface area contributed by atoms with E-state index in [1.807, 2.05) is 0 Å². The molecule has 1 saturated heterocycles. The first kappa shape index (κ1) is 58.5. The number of carbonyl (C=O) groups excluding carboxylic acids is 10. The fourth-order valence-electron chi connectivity index (χ4n) is 7.36. The monoisotopic (exact) mass is 938 g/mol. The molecule has 0 spiro atoms. The highest BCUT2D eigenvalue weighted by atomic mass is 16.3. The number of hydrogen-bond donors (Lipinski definition) is 11. The van der Waals surface area contributed by atoms with Crippen molar-refractivity contribution < 1.29 is 53.1 Å². The molecule has 0 unspecified atom stereocenters. The molecule has 0 aromatic rings. The highest BCUT2D eigenvalue weighted by Gasteiger charge is 2.40. The summed E-state index contributed by atoms with van der Waals surface area (Å²) in [6, 6.07) is -9.97. The van der Waals surface area contributed by atoms with Gasteiger partial charge in [-0.25, -0.2) is 4.79 Å². The Bertz CT molecular complexity index is 1680. The normalized spacial score (nSPS) is 18.0. The van der Waals surface area contributed by atoms with Crippen molar-refractivity contribution in [2.75, 3.05) is 19.6 Å². The lowest BCUT2D eigenvalue weighted by Gasteiger charge is -2.32. The van der Waals surface area contributed by atoms with Crippen LogP contribution >= 0.6 is 0 Å². The molecule has 66 heavy (non-hydrogen) atoms. The number of amides is 11. The quantitative estimate of drug-likeness (QED) is 0.0420. The van der Waals surface area contributed by atoms with Crippen LogP contribution in [-0.4, -0.2) is 143 Å². The van der Waals surface area contributed by atoms with E-state index in [1.54, 1.807) is 55.4 Å². The van der Waals surface area contributed by atoms with Gasteiger partial charge in [0.25, 0.3) is 0 Å². The minimum absolute atomic E-state index is 0.0162. The number of hydrogen-bond acceptors (Lipinski definition) is 11. The van der Waals surface area contributed by atoms with E-state index in [2.05, 4.69) is 47.9 Å². The predicted octanol–water partition coefficient (Wildman–Crippen LogP) is -1.08. The first-order valence-electron chi connectivity index (χ1n) is 23.3. The standard InChI is InChI=1S/C44H79N11O11/c1-12-18-29(50-42(64)35(27(10)56)54-41(63)34(25(8)14-3)53-39(61)32(23(5)6)49-28(11)57)37(59)52-33(24(7)13-2)40(62)51-30(19-16-21-47-44(45)66)43(65)55-22-17-20-31(55)38(60)48-26(9)36(58)46-15-4/h23-27,29-35,56H,12-22H2,1-11H3,(H,46,58)(H,48,60)(H,49,57)(H,50,64)(H,51,62)(H,52,59)(H,53,61)(H,54,63)(H3,45,47,66)/t24-,25-,26+,27+,29-,30-,31-,32-,33-,34+,35-/m0/s1. The van der Waals surface area contributed by atoms with Crippen molar-refractivity contribution >= 4 is 59.2 Å². The van der Waals surface area contributed by atoms with Crippen molar-refractivity contribution in [1.82, 2.24) is 52.8 Å². The Morgan fingerprint density at radius 3 is 1.64 bits per heavy atom. The maximum atomic E-state index is 14.2. The second-order valence-electron chi connectivity index (χ2n) is 17.6. The molecule has 0 saturated carbocycles. The molecule has 22 nitrogen and oxygen atoms in total. The van der Waals surface area contributed by atoms with Gasteiger partial charge in [-0.1, -0.05) is 67.7 Å². The molecule has 0 radical (unpaired) electrons. The van der Waals surface area contributed by atoms with Gasteiger partial charge in [0.05, 0.1) is 6.10 Å². The Hall–Kier alpha value is -5.54. The van der Waals surface area contributed by atoms with Crippen molar-refractivity contribution in [1.29, 1.82) is 0 Å². The molecule has 0 aromatic carbocycles. The van der Waals surface area contributed by atoms with E-state index in [0.717, 1.165) is 0 Å². The molecular formula is C44H79N11O11. The van der Waals surface area contributed by atoms with E-state index in [0.29, 0.717) is 38.6 Å². The van der Waals surface area contributed by atoms with Crippen molar-refractivity contribution in [2.24, 2.45) is 23.5 Å². The van der Waals surface area contributed by atoms with Crippen molar-refractivity contribution in [2.45, 2.75) is 182 Å². The molecule has 1 fully saturated rings. The third kappa shape index (κ3) is 18.7. The number of urea groups is 1. The van der Waals surface area contributed by atoms with Crippen molar-refractivity contribution in [3.8, 4) is 0 Å². The maximum Gasteiger partial charge on any atom is 0.312 e. The van der Waals surface area contributed by atoms with Gasteiger partial charge in [0.1, 0.15) is 48.3 Å². The van der Waals surface area contributed by atoms with Crippen molar-refractivity contribution in [3.05, 3.63) is 0 Å². The Labute approximate surface area is 389 Å². The molecule has 0 aliphatic carbocycles. The van der Waals surface area contributed by atoms with Crippen LogP contribution in [0.15, 0.2) is 0 Å². The number of aliphatic hydroxyl groups is 1. The first-order valence-corrected chi connectivity index (χ1v) is 23.3. The van der Waals surface area contributed by atoms with Crippen LogP contribution in [0.5, 0.6) is 0 Å². The molecule has 376 valence electrons. The third-order valence-electron chi connectivity index (χ3n) is 11.7. The zero-order valence-corrected chi connectivity index (χ0v) is 40.8. The van der Waals surface area contributed by atoms with Crippen LogP contribution < -0.4 is 53.6 Å². The van der Waals surface area contributed by atoms with E-state index in [9.17, 15) is 53.1 Å². The molecule has 1 heterocycles. The van der Waals surface area contributed by atoms with Gasteiger partial charge in [-0.15, -0.1) is 0 Å². The number of nitrogens with two attached hydrogens (primary N) is 1. The van der Waals surface area contributed by atoms with Crippen molar-refractivity contribution in [3.63, 3.8) is 0 Å². The fraction of sp³-hybridized carbons (Fsp3) is 0.773. The topological polar surface area (TPSA) is 328 Å². The molecule has 12 N–H and O–H groups in total. The second-order valence-corrected chi connectivity index (χ2v) is 17.6. The van der Waals surface area contributed by atoms with Gasteiger partial charge in [-0.2, -0.15) is 0 Å². The largest absolute Gasteiger partial charge is 0.391 e. The fourth-order valence-corrected chi connectivity index (χ4v) is 7.36. The van der Waals surface area contributed by atoms with Crippen LogP contribution in [0.3, 0.4) is 0 Å². The second kappa shape index (κ2) is 29.2. The zero-order valence-electron chi connectivity index (χ0n) is 40.8. The molecule has 1 rings (SSSR count). The summed E-state index contributed by atoms with van der Waals surface area (Å²) in [7, 11) is 0. The maximum absolute atomic E-state index is 14.2. The average Bonchev–Trinajstić information content (AvgIpc) is 3.75. The molecule has 11 amide bonds. The molecule has 22 heteroatoms. The smallest absolute Gasteiger partial charge is 0.312 e. The van der Waals surface area contributed by atoms with Crippen LogP contribution in [-0.2, 0) is 43.2 Å². The summed E-state index contributed by atoms with van der Waals surface area (Å²) in [6.45, 7) is 18.7. The number of likely N-dealkylation sites (N-methyl/N-ethyl adjacent to an activating group) is 1. The van der Waals surface area contributed by atoms with E-state index >= 15 is 0 Å². The molecule has 1 aliphatic rings. The van der Waals surface area contributed by atoms with Gasteiger partial charge < -0.3 is 63.6 Å². The Kier molecular flexibility index (Phi) is 25.8. The number of primary amides is 1. The predicted molar refractivity (Wildman–Crippen MR) is 245 cm³/mol. The zero-order chi connectivity index (χ0) is 50.4. The van der Waals surface area contributed by atoms with E-state index in [-0.39, 0.29) is 38.3 Å². The van der Waals surface area contributed by atoms with Crippen LogP contribution in [0.25, 0.3) is 0 Å². The molecule has 11 atom stereocenters. The highest BCUT2D eigenvalue weighted by molar-refractivity contribution is 5.98. The SMILES string of the molecule is CCC[C@H](NC(=O)[C@@H](NC(=O)[C@H](NC(=O)[C@@H](NC(C)=O)C(C)C)[C@@H](C)CC)[C@@H](C)O)C(=O)N[C@H](C(=O)N[C@@H](CCCNC(N)=O)C(=O)N1CCC[C@H]1C(=O)N[C@H](C)C(=O)NCC)[C@@H](C)CC. The van der Waals surface area contributed by atoms with Crippen LogP contribution in [0, 0.1) is 17.8 Å². The molecular weight excluding hydrogens is 859 g/mol. The number of likely N-dealkylation sites (tertiary alicyclic amines) is 1. The lowest BCUT2D eigenvalue weighted by atomic mass is 9.95. The van der Waals surface area contributed by atoms with Gasteiger partial charge in [-0.3, -0.25) is 43.2 Å². The number of aliphatic hydroxyl groups excluding tert-OH is 1. The lowest BCUT2D eigenvalue weighted by molar-refractivity contribution is -0.143. The van der Waals surface area contributed by atoms with Crippen LogP contribution in [0.4, 0.5) is 4.79 Å². The summed E-state index contributed by atoms with van der Waals surface area (Å²) in [6.07, 6.45) is 0.856. The third-order valence-corrected chi connectivity index (χ3v) is 11.7. The first-order chi connectivity index (χ1) is 30.9. The molecule has 0 aromatic heterocycles. The van der Waals surface area contributed by atoms with E-state index < -0.39 is 125 Å². The Morgan fingerprint density at radius 1 is 0.621 bits per heavy atom. The summed E-state index contributed by atoms with van der Waals surface area (Å²) in [4.78, 5) is 133. The Morgan fingerprint density at radius 2 is 1.14 bits per heavy atom. The van der Waals surface area contributed by atoms with Gasteiger partial charge in [0.2, 0.25) is 53.2 Å². The van der Waals surface area contributed by atoms with E-state index in [4.69, 9.17) is 5.73 Å². The minimum Gasteiger partial charge on any atom is -0.391 e. The Balaban J connectivity index is 3.38. The van der Waals surface area contributed by atoms with Gasteiger partial charge in [-0.05, 0) is 70.6 Å². The number of rotatable bonds is 28. The summed E-state index contributed by atoms with van der Waals surface area (Å²) in [5.74, 6) is -6.99. The lowest BCUT2D eigenvalue weighted by Crippen LogP contribution is -2.63.